The number of hydrogen-bond acceptors (Lipinski definition) is 1. The highest BCUT2D eigenvalue weighted by atomic mass is 31.2. The molecule has 0 aliphatic heterocycles. The molecule has 0 amide bonds. The Balaban J connectivity index is 2.45. The van der Waals surface area contributed by atoms with Crippen LogP contribution in [0.4, 0.5) is 13.0 Å². The van der Waals surface area contributed by atoms with E-state index in [2.05, 4.69) is 0 Å². The lowest BCUT2D eigenvalue weighted by Gasteiger charge is -2.09. The maximum Gasteiger partial charge on any atom is 0.300 e. The molecule has 17 heavy (non-hydrogen) atoms. The normalized spacial score (nSPS) is 11.5. The van der Waals surface area contributed by atoms with E-state index in [9.17, 15) is 17.5 Å². The Morgan fingerprint density at radius 3 is 1.29 bits per heavy atom. The van der Waals surface area contributed by atoms with Crippen LogP contribution >= 0.6 is 7.45 Å². The Labute approximate surface area is 96.4 Å². The average molecular weight is 256 g/mol. The second-order valence-electron chi connectivity index (χ2n) is 3.49. The smallest absolute Gasteiger partial charge is 0.277 e. The molecule has 2 aromatic rings. The summed E-state index contributed by atoms with van der Waals surface area (Å²) < 4.78 is 51.4. The molecule has 0 aliphatic carbocycles. The summed E-state index contributed by atoms with van der Waals surface area (Å²) in [5.41, 5.74) is 0. The van der Waals surface area contributed by atoms with Gasteiger partial charge in [-0.05, 0) is 48.5 Å². The van der Waals surface area contributed by atoms with Crippen molar-refractivity contribution in [2.24, 2.45) is 0 Å². The maximum absolute atomic E-state index is 14.1. The van der Waals surface area contributed by atoms with Gasteiger partial charge in [0.1, 0.15) is 11.6 Å². The van der Waals surface area contributed by atoms with E-state index in [1.807, 2.05) is 0 Å². The van der Waals surface area contributed by atoms with E-state index in [1.54, 1.807) is 0 Å². The fraction of sp³-hybridized carbons (Fsp3) is 0. The summed E-state index contributed by atoms with van der Waals surface area (Å²) in [5.74, 6) is -1.07. The molecule has 0 atom stereocenters. The summed E-state index contributed by atoms with van der Waals surface area (Å²) in [6.45, 7) is 0. The van der Waals surface area contributed by atoms with Gasteiger partial charge in [-0.1, -0.05) is 0 Å². The zero-order chi connectivity index (χ0) is 12.5. The van der Waals surface area contributed by atoms with E-state index in [-0.39, 0.29) is 10.6 Å². The average Bonchev–Trinajstić information content (AvgIpc) is 2.30. The first-order valence-electron chi connectivity index (χ1n) is 4.82. The quantitative estimate of drug-likeness (QED) is 0.754. The Kier molecular flexibility index (Phi) is 3.07. The molecule has 88 valence electrons. The Bertz CT molecular complexity index is 514. The van der Waals surface area contributed by atoms with Gasteiger partial charge in [0, 0.05) is 10.6 Å². The van der Waals surface area contributed by atoms with Crippen LogP contribution in [0.15, 0.2) is 48.5 Å². The Morgan fingerprint density at radius 1 is 0.706 bits per heavy atom. The summed E-state index contributed by atoms with van der Waals surface area (Å²) in [5, 5.41) is -0.212. The minimum Gasteiger partial charge on any atom is -0.277 e. The second kappa shape index (κ2) is 4.38. The van der Waals surface area contributed by atoms with E-state index in [0.717, 1.165) is 48.5 Å². The number of hydrogen-bond donors (Lipinski definition) is 0. The van der Waals surface area contributed by atoms with Crippen LogP contribution < -0.4 is 10.6 Å². The zero-order valence-corrected chi connectivity index (χ0v) is 9.50. The van der Waals surface area contributed by atoms with Crippen LogP contribution in [-0.4, -0.2) is 0 Å². The van der Waals surface area contributed by atoms with Crippen molar-refractivity contribution in [2.45, 2.75) is 0 Å². The zero-order valence-electron chi connectivity index (χ0n) is 8.61. The molecular formula is C12H8F3OP. The van der Waals surface area contributed by atoms with Crippen molar-refractivity contribution in [2.75, 3.05) is 0 Å². The molecule has 0 aromatic heterocycles. The largest absolute Gasteiger partial charge is 0.300 e. The van der Waals surface area contributed by atoms with Crippen LogP contribution in [0.5, 0.6) is 0 Å². The monoisotopic (exact) mass is 256 g/mol. The van der Waals surface area contributed by atoms with Crippen LogP contribution in [0.3, 0.4) is 0 Å². The number of benzene rings is 2. The minimum absolute atomic E-state index is 0.106. The summed E-state index contributed by atoms with van der Waals surface area (Å²) in [4.78, 5) is 0. The summed E-state index contributed by atoms with van der Waals surface area (Å²) in [7, 11) is -4.27. The maximum atomic E-state index is 14.1. The molecule has 0 aliphatic rings. The Morgan fingerprint density at radius 2 is 1.00 bits per heavy atom. The molecule has 0 saturated heterocycles. The molecule has 2 rings (SSSR count). The molecule has 0 radical (unpaired) electrons. The van der Waals surface area contributed by atoms with Crippen molar-refractivity contribution in [3.63, 3.8) is 0 Å². The molecule has 0 heterocycles. The highest BCUT2D eigenvalue weighted by Crippen LogP contribution is 2.44. The summed E-state index contributed by atoms with van der Waals surface area (Å²) >= 11 is 0. The van der Waals surface area contributed by atoms with Crippen LogP contribution in [0.2, 0.25) is 0 Å². The van der Waals surface area contributed by atoms with E-state index in [1.165, 1.54) is 0 Å². The third-order valence-electron chi connectivity index (χ3n) is 2.32. The summed E-state index contributed by atoms with van der Waals surface area (Å²) in [6.07, 6.45) is 0. The van der Waals surface area contributed by atoms with Gasteiger partial charge in [-0.25, -0.2) is 8.78 Å². The molecule has 2 aromatic carbocycles. The van der Waals surface area contributed by atoms with Crippen molar-refractivity contribution in [3.05, 3.63) is 60.2 Å². The lowest BCUT2D eigenvalue weighted by Crippen LogP contribution is -2.12. The van der Waals surface area contributed by atoms with Crippen LogP contribution in [0.1, 0.15) is 0 Å². The molecule has 0 unspecified atom stereocenters. The SMILES string of the molecule is O=P(F)(c1ccc(F)cc1)c1ccc(F)cc1. The van der Waals surface area contributed by atoms with Crippen LogP contribution in [0.25, 0.3) is 0 Å². The topological polar surface area (TPSA) is 17.1 Å². The second-order valence-corrected chi connectivity index (χ2v) is 5.58. The molecule has 0 spiro atoms. The van der Waals surface area contributed by atoms with Gasteiger partial charge in [-0.2, -0.15) is 4.20 Å². The predicted molar refractivity (Wildman–Crippen MR) is 60.8 cm³/mol. The van der Waals surface area contributed by atoms with Gasteiger partial charge in [0.15, 0.2) is 0 Å². The van der Waals surface area contributed by atoms with Crippen molar-refractivity contribution in [3.8, 4) is 0 Å². The molecule has 5 heteroatoms. The lowest BCUT2D eigenvalue weighted by atomic mass is 10.3. The van der Waals surface area contributed by atoms with Crippen molar-refractivity contribution in [1.29, 1.82) is 0 Å². The molecule has 0 bridgehead atoms. The van der Waals surface area contributed by atoms with Gasteiger partial charge in [0.25, 0.3) is 7.45 Å². The first-order chi connectivity index (χ1) is 8.00. The van der Waals surface area contributed by atoms with Gasteiger partial charge in [-0.3, -0.25) is 4.57 Å². The third kappa shape index (κ3) is 2.42. The van der Waals surface area contributed by atoms with E-state index in [0.29, 0.717) is 0 Å². The highest BCUT2D eigenvalue weighted by Gasteiger charge is 2.26. The molecule has 1 nitrogen and oxygen atoms in total. The van der Waals surface area contributed by atoms with E-state index in [4.69, 9.17) is 0 Å². The molecule has 0 fully saturated rings. The third-order valence-corrected chi connectivity index (χ3v) is 4.24. The fourth-order valence-corrected chi connectivity index (χ4v) is 2.78. The summed E-state index contributed by atoms with van der Waals surface area (Å²) in [6, 6.07) is 8.63. The lowest BCUT2D eigenvalue weighted by molar-refractivity contribution is 0.558. The number of halogens is 3. The van der Waals surface area contributed by atoms with Gasteiger partial charge in [0.05, 0.1) is 0 Å². The highest BCUT2D eigenvalue weighted by molar-refractivity contribution is 7.74. The Hall–Kier alpha value is -1.54. The van der Waals surface area contributed by atoms with E-state index < -0.39 is 19.1 Å². The van der Waals surface area contributed by atoms with Crippen LogP contribution in [-0.2, 0) is 4.57 Å². The van der Waals surface area contributed by atoms with Crippen LogP contribution in [0, 0.1) is 11.6 Å². The fourth-order valence-electron chi connectivity index (χ4n) is 1.41. The van der Waals surface area contributed by atoms with Gasteiger partial charge < -0.3 is 0 Å². The predicted octanol–water partition coefficient (Wildman–Crippen LogP) is 3.16. The standard InChI is InChI=1S/C12H8F3OP/c13-9-1-5-11(6-2-9)17(15,16)12-7-3-10(14)4-8-12/h1-8H. The van der Waals surface area contributed by atoms with Crippen molar-refractivity contribution in [1.82, 2.24) is 0 Å². The van der Waals surface area contributed by atoms with Crippen molar-refractivity contribution >= 4 is 18.1 Å². The minimum atomic E-state index is -4.27. The molecule has 0 N–H and O–H groups in total. The molecule has 0 saturated carbocycles. The van der Waals surface area contributed by atoms with E-state index >= 15 is 0 Å². The molecular weight excluding hydrogens is 248 g/mol. The number of rotatable bonds is 2. The van der Waals surface area contributed by atoms with Gasteiger partial charge in [0.2, 0.25) is 0 Å². The first-order valence-corrected chi connectivity index (χ1v) is 6.42. The van der Waals surface area contributed by atoms with Gasteiger partial charge >= 0.3 is 0 Å². The van der Waals surface area contributed by atoms with Gasteiger partial charge in [-0.15, -0.1) is 0 Å². The van der Waals surface area contributed by atoms with Crippen molar-refractivity contribution < 1.29 is 17.5 Å². The first kappa shape index (κ1) is 11.9.